The molecule has 1 aromatic carbocycles. The second-order valence-corrected chi connectivity index (χ2v) is 4.58. The summed E-state index contributed by atoms with van der Waals surface area (Å²) < 4.78 is 0. The van der Waals surface area contributed by atoms with Gasteiger partial charge in [-0.2, -0.15) is 0 Å². The van der Waals surface area contributed by atoms with Crippen LogP contribution in [0.5, 0.6) is 0 Å². The molecule has 2 aromatic heterocycles. The number of hydrogen-bond donors (Lipinski definition) is 1. The predicted molar refractivity (Wildman–Crippen MR) is 68.3 cm³/mol. The maximum Gasteiger partial charge on any atom is 0.303 e. The summed E-state index contributed by atoms with van der Waals surface area (Å²) in [6, 6.07) is 11.0. The Labute approximate surface area is 101 Å². The fourth-order valence-electron chi connectivity index (χ4n) is 1.92. The smallest absolute Gasteiger partial charge is 0.303 e. The summed E-state index contributed by atoms with van der Waals surface area (Å²) >= 11 is 1.49. The van der Waals surface area contributed by atoms with Crippen LogP contribution in [0.4, 0.5) is 5.69 Å². The van der Waals surface area contributed by atoms with E-state index in [2.05, 4.69) is 4.98 Å². The molecule has 1 N–H and O–H groups in total. The molecule has 0 saturated heterocycles. The molecule has 0 aliphatic heterocycles. The van der Waals surface area contributed by atoms with Crippen LogP contribution in [0.25, 0.3) is 21.5 Å². The number of para-hydroxylation sites is 1. The van der Waals surface area contributed by atoms with Gasteiger partial charge < -0.3 is 4.98 Å². The van der Waals surface area contributed by atoms with E-state index in [4.69, 9.17) is 0 Å². The zero-order valence-corrected chi connectivity index (χ0v) is 9.53. The number of nitro groups is 1. The molecule has 0 fully saturated rings. The lowest BCUT2D eigenvalue weighted by Crippen LogP contribution is -1.88. The van der Waals surface area contributed by atoms with Crippen LogP contribution in [0.2, 0.25) is 0 Å². The molecule has 4 nitrogen and oxygen atoms in total. The SMILES string of the molecule is O=[N+]([O-])c1c(-c2cccs2)[nH]c2ccccc12. The molecule has 0 saturated carbocycles. The molecule has 2 heterocycles. The molecule has 0 atom stereocenters. The van der Waals surface area contributed by atoms with Crippen molar-refractivity contribution < 1.29 is 4.92 Å². The topological polar surface area (TPSA) is 58.9 Å². The van der Waals surface area contributed by atoms with Crippen LogP contribution in [-0.4, -0.2) is 9.91 Å². The molecule has 84 valence electrons. The Morgan fingerprint density at radius 3 is 2.71 bits per heavy atom. The van der Waals surface area contributed by atoms with Crippen molar-refractivity contribution in [2.24, 2.45) is 0 Å². The second-order valence-electron chi connectivity index (χ2n) is 3.63. The van der Waals surface area contributed by atoms with E-state index < -0.39 is 0 Å². The molecule has 5 heteroatoms. The van der Waals surface area contributed by atoms with Gasteiger partial charge in [0.25, 0.3) is 0 Å². The van der Waals surface area contributed by atoms with E-state index in [1.807, 2.05) is 29.6 Å². The van der Waals surface area contributed by atoms with Crippen LogP contribution in [0.15, 0.2) is 41.8 Å². The van der Waals surface area contributed by atoms with Gasteiger partial charge in [0.05, 0.1) is 20.7 Å². The van der Waals surface area contributed by atoms with E-state index in [1.165, 1.54) is 11.3 Å². The van der Waals surface area contributed by atoms with E-state index in [9.17, 15) is 10.1 Å². The number of H-pyrrole nitrogens is 1. The Kier molecular flexibility index (Phi) is 2.19. The molecule has 0 aliphatic rings. The summed E-state index contributed by atoms with van der Waals surface area (Å²) in [5.74, 6) is 0. The van der Waals surface area contributed by atoms with Gasteiger partial charge in [0, 0.05) is 0 Å². The van der Waals surface area contributed by atoms with E-state index in [0.717, 1.165) is 10.4 Å². The minimum absolute atomic E-state index is 0.156. The molecule has 0 aliphatic carbocycles. The highest BCUT2D eigenvalue weighted by molar-refractivity contribution is 7.13. The maximum atomic E-state index is 11.2. The van der Waals surface area contributed by atoms with Crippen LogP contribution < -0.4 is 0 Å². The van der Waals surface area contributed by atoms with Gasteiger partial charge in [-0.15, -0.1) is 11.3 Å². The van der Waals surface area contributed by atoms with Crippen LogP contribution in [0.3, 0.4) is 0 Å². The largest absolute Gasteiger partial charge is 0.348 e. The van der Waals surface area contributed by atoms with Gasteiger partial charge >= 0.3 is 5.69 Å². The van der Waals surface area contributed by atoms with Crippen molar-refractivity contribution in [1.82, 2.24) is 4.98 Å². The summed E-state index contributed by atoms with van der Waals surface area (Å²) in [7, 11) is 0. The van der Waals surface area contributed by atoms with E-state index >= 15 is 0 Å². The van der Waals surface area contributed by atoms with Gasteiger partial charge in [-0.3, -0.25) is 10.1 Å². The standard InChI is InChI=1S/C12H8N2O2S/c15-14(16)12-8-4-1-2-5-9(8)13-11(12)10-6-3-7-17-10/h1-7,13H. The molecule has 3 rings (SSSR count). The fourth-order valence-corrected chi connectivity index (χ4v) is 2.64. The van der Waals surface area contributed by atoms with E-state index in [-0.39, 0.29) is 10.6 Å². The molecule has 17 heavy (non-hydrogen) atoms. The van der Waals surface area contributed by atoms with Gasteiger partial charge in [0.15, 0.2) is 0 Å². The molecule has 0 bridgehead atoms. The minimum atomic E-state index is -0.326. The average Bonchev–Trinajstić information content (AvgIpc) is 2.95. The number of aromatic nitrogens is 1. The molecular formula is C12H8N2O2S. The Hall–Kier alpha value is -2.14. The van der Waals surface area contributed by atoms with E-state index in [1.54, 1.807) is 12.1 Å². The van der Waals surface area contributed by atoms with Crippen LogP contribution in [0, 0.1) is 10.1 Å². The first-order chi connectivity index (χ1) is 8.27. The molecule has 0 amide bonds. The van der Waals surface area contributed by atoms with Crippen molar-refractivity contribution in [3.63, 3.8) is 0 Å². The number of nitrogens with zero attached hydrogens (tertiary/aromatic N) is 1. The third kappa shape index (κ3) is 1.52. The second kappa shape index (κ2) is 3.71. The van der Waals surface area contributed by atoms with Gasteiger partial charge in [-0.05, 0) is 23.6 Å². The maximum absolute atomic E-state index is 11.2. The predicted octanol–water partition coefficient (Wildman–Crippen LogP) is 3.80. The van der Waals surface area contributed by atoms with Crippen molar-refractivity contribution in [3.8, 4) is 10.6 Å². The number of benzene rings is 1. The van der Waals surface area contributed by atoms with E-state index in [0.29, 0.717) is 11.1 Å². The number of fused-ring (bicyclic) bond motifs is 1. The summed E-state index contributed by atoms with van der Waals surface area (Å²) in [5, 5.41) is 13.7. The van der Waals surface area contributed by atoms with Gasteiger partial charge in [0.2, 0.25) is 0 Å². The van der Waals surface area contributed by atoms with Crippen molar-refractivity contribution in [2.45, 2.75) is 0 Å². The normalized spacial score (nSPS) is 10.8. The third-order valence-corrected chi connectivity index (χ3v) is 3.52. The zero-order valence-electron chi connectivity index (χ0n) is 8.71. The Morgan fingerprint density at radius 2 is 2.00 bits per heavy atom. The Bertz CT molecular complexity index is 686. The van der Waals surface area contributed by atoms with Crippen LogP contribution in [0.1, 0.15) is 0 Å². The number of aromatic amines is 1. The summed E-state index contributed by atoms with van der Waals surface area (Å²) in [4.78, 5) is 14.9. The zero-order chi connectivity index (χ0) is 11.8. The highest BCUT2D eigenvalue weighted by Gasteiger charge is 2.22. The lowest BCUT2D eigenvalue weighted by atomic mass is 10.2. The fraction of sp³-hybridized carbons (Fsp3) is 0. The Morgan fingerprint density at radius 1 is 1.18 bits per heavy atom. The first kappa shape index (κ1) is 10.0. The molecule has 0 unspecified atom stereocenters. The molecular weight excluding hydrogens is 236 g/mol. The third-order valence-electron chi connectivity index (χ3n) is 2.63. The minimum Gasteiger partial charge on any atom is -0.348 e. The van der Waals surface area contributed by atoms with Crippen molar-refractivity contribution >= 4 is 27.9 Å². The highest BCUT2D eigenvalue weighted by Crippen LogP contribution is 2.38. The highest BCUT2D eigenvalue weighted by atomic mass is 32.1. The number of hydrogen-bond acceptors (Lipinski definition) is 3. The number of thiophene rings is 1. The first-order valence-corrected chi connectivity index (χ1v) is 5.94. The monoisotopic (exact) mass is 244 g/mol. The molecule has 3 aromatic rings. The number of rotatable bonds is 2. The van der Waals surface area contributed by atoms with Crippen molar-refractivity contribution in [1.29, 1.82) is 0 Å². The Balaban J connectivity index is 2.38. The van der Waals surface area contributed by atoms with Crippen LogP contribution >= 0.6 is 11.3 Å². The quantitative estimate of drug-likeness (QED) is 0.550. The van der Waals surface area contributed by atoms with Crippen LogP contribution in [-0.2, 0) is 0 Å². The number of nitrogens with one attached hydrogen (secondary N) is 1. The van der Waals surface area contributed by atoms with Gasteiger partial charge in [-0.1, -0.05) is 18.2 Å². The van der Waals surface area contributed by atoms with Gasteiger partial charge in [-0.25, -0.2) is 0 Å². The van der Waals surface area contributed by atoms with Gasteiger partial charge in [0.1, 0.15) is 5.69 Å². The van der Waals surface area contributed by atoms with Crippen molar-refractivity contribution in [2.75, 3.05) is 0 Å². The van der Waals surface area contributed by atoms with Crippen molar-refractivity contribution in [3.05, 3.63) is 51.9 Å². The lowest BCUT2D eigenvalue weighted by Gasteiger charge is -1.92. The molecule has 0 spiro atoms. The summed E-state index contributed by atoms with van der Waals surface area (Å²) in [6.07, 6.45) is 0. The average molecular weight is 244 g/mol. The molecule has 0 radical (unpaired) electrons. The lowest BCUT2D eigenvalue weighted by molar-refractivity contribution is -0.382. The first-order valence-electron chi connectivity index (χ1n) is 5.06. The summed E-state index contributed by atoms with van der Waals surface area (Å²) in [6.45, 7) is 0. The summed E-state index contributed by atoms with van der Waals surface area (Å²) in [5.41, 5.74) is 1.54.